The van der Waals surface area contributed by atoms with Crippen molar-refractivity contribution in [3.05, 3.63) is 42.5 Å². The third-order valence-corrected chi connectivity index (χ3v) is 7.94. The standard InChI is InChI=1S/C14H20OSi/c1-16(2,13-6-4-3-5-7-13)14-10-8-12(15)9-11-14/h3-8,10,12,14-15H,9,11H2,1-2H3/t12-,14-/m1/s1. The van der Waals surface area contributed by atoms with Crippen LogP contribution in [0, 0.1) is 0 Å². The molecule has 0 amide bonds. The van der Waals surface area contributed by atoms with Crippen LogP contribution in [0.5, 0.6) is 0 Å². The fourth-order valence-electron chi connectivity index (χ4n) is 2.49. The highest BCUT2D eigenvalue weighted by Gasteiger charge is 2.33. The maximum atomic E-state index is 9.49. The lowest BCUT2D eigenvalue weighted by Gasteiger charge is -2.33. The van der Waals surface area contributed by atoms with E-state index < -0.39 is 8.07 Å². The average molecular weight is 232 g/mol. The fraction of sp³-hybridized carbons (Fsp3) is 0.429. The normalized spacial score (nSPS) is 25.7. The lowest BCUT2D eigenvalue weighted by molar-refractivity contribution is 0.204. The molecule has 0 aliphatic heterocycles. The monoisotopic (exact) mass is 232 g/mol. The van der Waals surface area contributed by atoms with Gasteiger partial charge in [-0.15, -0.1) is 0 Å². The first kappa shape index (κ1) is 11.6. The number of aliphatic hydroxyl groups excluding tert-OH is 1. The summed E-state index contributed by atoms with van der Waals surface area (Å²) in [5.74, 6) is 0. The summed E-state index contributed by atoms with van der Waals surface area (Å²) >= 11 is 0. The van der Waals surface area contributed by atoms with Crippen molar-refractivity contribution in [2.45, 2.75) is 37.6 Å². The SMILES string of the molecule is C[Si](C)(c1ccccc1)[C@@H]1C=C[C@@H](O)CC1. The van der Waals surface area contributed by atoms with Crippen LogP contribution in [0.25, 0.3) is 0 Å². The van der Waals surface area contributed by atoms with Crippen LogP contribution in [0.4, 0.5) is 0 Å². The average Bonchev–Trinajstić information content (AvgIpc) is 2.31. The van der Waals surface area contributed by atoms with Crippen LogP contribution < -0.4 is 5.19 Å². The topological polar surface area (TPSA) is 20.2 Å². The van der Waals surface area contributed by atoms with Gasteiger partial charge in [0.2, 0.25) is 0 Å². The van der Waals surface area contributed by atoms with Gasteiger partial charge in [0.25, 0.3) is 0 Å². The Hall–Kier alpha value is -0.863. The zero-order valence-corrected chi connectivity index (χ0v) is 11.1. The molecule has 2 rings (SSSR count). The molecule has 2 heteroatoms. The predicted molar refractivity (Wildman–Crippen MR) is 71.7 cm³/mol. The van der Waals surface area contributed by atoms with Gasteiger partial charge in [0.05, 0.1) is 14.2 Å². The molecular formula is C14H20OSi. The minimum atomic E-state index is -1.41. The second kappa shape index (κ2) is 4.56. The summed E-state index contributed by atoms with van der Waals surface area (Å²) in [6, 6.07) is 10.8. The summed E-state index contributed by atoms with van der Waals surface area (Å²) in [6.45, 7) is 4.85. The Labute approximate surface area is 98.8 Å². The minimum absolute atomic E-state index is 0.211. The summed E-state index contributed by atoms with van der Waals surface area (Å²) < 4.78 is 0. The van der Waals surface area contributed by atoms with Crippen molar-refractivity contribution in [2.75, 3.05) is 0 Å². The third-order valence-electron chi connectivity index (χ3n) is 3.78. The van der Waals surface area contributed by atoms with Crippen LogP contribution in [-0.4, -0.2) is 19.3 Å². The van der Waals surface area contributed by atoms with Crippen LogP contribution in [0.15, 0.2) is 42.5 Å². The lowest BCUT2D eigenvalue weighted by Crippen LogP contribution is -2.46. The molecule has 0 saturated heterocycles. The van der Waals surface area contributed by atoms with Crippen LogP contribution in [0.2, 0.25) is 18.6 Å². The molecule has 1 aromatic carbocycles. The quantitative estimate of drug-likeness (QED) is 0.614. The highest BCUT2D eigenvalue weighted by Crippen LogP contribution is 2.32. The molecule has 0 bridgehead atoms. The molecule has 0 aromatic heterocycles. The van der Waals surface area contributed by atoms with Crippen LogP contribution in [0.3, 0.4) is 0 Å². The third kappa shape index (κ3) is 2.28. The molecule has 0 fully saturated rings. The van der Waals surface area contributed by atoms with Gasteiger partial charge in [0, 0.05) is 0 Å². The molecule has 16 heavy (non-hydrogen) atoms. The number of benzene rings is 1. The van der Waals surface area contributed by atoms with Gasteiger partial charge in [-0.05, 0) is 18.4 Å². The Morgan fingerprint density at radius 3 is 2.31 bits per heavy atom. The molecule has 0 radical (unpaired) electrons. The van der Waals surface area contributed by atoms with Crippen molar-refractivity contribution < 1.29 is 5.11 Å². The second-order valence-electron chi connectivity index (χ2n) is 5.22. The van der Waals surface area contributed by atoms with E-state index in [4.69, 9.17) is 0 Å². The van der Waals surface area contributed by atoms with Crippen molar-refractivity contribution in [1.82, 2.24) is 0 Å². The van der Waals surface area contributed by atoms with E-state index in [0.717, 1.165) is 12.8 Å². The van der Waals surface area contributed by atoms with Gasteiger partial charge in [-0.1, -0.05) is 60.8 Å². The van der Waals surface area contributed by atoms with Crippen molar-refractivity contribution >= 4 is 13.3 Å². The molecule has 0 heterocycles. The van der Waals surface area contributed by atoms with Gasteiger partial charge in [-0.25, -0.2) is 0 Å². The predicted octanol–water partition coefficient (Wildman–Crippen LogP) is 2.68. The number of hydrogen-bond acceptors (Lipinski definition) is 1. The molecule has 1 aromatic rings. The zero-order chi connectivity index (χ0) is 11.6. The van der Waals surface area contributed by atoms with Crippen molar-refractivity contribution in [1.29, 1.82) is 0 Å². The largest absolute Gasteiger partial charge is 0.389 e. The van der Waals surface area contributed by atoms with E-state index in [-0.39, 0.29) is 6.10 Å². The van der Waals surface area contributed by atoms with E-state index >= 15 is 0 Å². The van der Waals surface area contributed by atoms with Gasteiger partial charge < -0.3 is 5.11 Å². The van der Waals surface area contributed by atoms with Gasteiger partial charge in [-0.2, -0.15) is 0 Å². The Morgan fingerprint density at radius 2 is 1.75 bits per heavy atom. The first-order valence-corrected chi connectivity index (χ1v) is 9.10. The first-order chi connectivity index (χ1) is 7.60. The highest BCUT2D eigenvalue weighted by atomic mass is 28.3. The van der Waals surface area contributed by atoms with E-state index in [1.807, 2.05) is 6.08 Å². The molecule has 0 unspecified atom stereocenters. The maximum Gasteiger partial charge on any atom is 0.0873 e. The minimum Gasteiger partial charge on any atom is -0.389 e. The fourth-order valence-corrected chi connectivity index (χ4v) is 5.45. The van der Waals surface area contributed by atoms with Crippen molar-refractivity contribution in [3.63, 3.8) is 0 Å². The maximum absolute atomic E-state index is 9.49. The van der Waals surface area contributed by atoms with Crippen LogP contribution >= 0.6 is 0 Å². The molecule has 1 aliphatic rings. The summed E-state index contributed by atoms with van der Waals surface area (Å²) in [7, 11) is -1.41. The second-order valence-corrected chi connectivity index (χ2v) is 9.99. The van der Waals surface area contributed by atoms with E-state index in [1.165, 1.54) is 5.19 Å². The van der Waals surface area contributed by atoms with Crippen LogP contribution in [-0.2, 0) is 0 Å². The first-order valence-electron chi connectivity index (χ1n) is 6.02. The Balaban J connectivity index is 2.23. The van der Waals surface area contributed by atoms with Gasteiger partial charge >= 0.3 is 0 Å². The van der Waals surface area contributed by atoms with Crippen molar-refractivity contribution in [2.24, 2.45) is 0 Å². The lowest BCUT2D eigenvalue weighted by atomic mass is 10.1. The van der Waals surface area contributed by atoms with E-state index in [9.17, 15) is 5.11 Å². The summed E-state index contributed by atoms with van der Waals surface area (Å²) in [5.41, 5.74) is 0.665. The number of rotatable bonds is 2. The molecular weight excluding hydrogens is 212 g/mol. The Bertz CT molecular complexity index is 370. The molecule has 1 aliphatic carbocycles. The summed E-state index contributed by atoms with van der Waals surface area (Å²) in [5, 5.41) is 11.0. The Morgan fingerprint density at radius 1 is 1.06 bits per heavy atom. The smallest absolute Gasteiger partial charge is 0.0873 e. The summed E-state index contributed by atoms with van der Waals surface area (Å²) in [6.07, 6.45) is 6.06. The zero-order valence-electron chi connectivity index (χ0n) is 10.1. The number of allylic oxidation sites excluding steroid dienone is 1. The molecule has 1 nitrogen and oxygen atoms in total. The molecule has 0 spiro atoms. The van der Waals surface area contributed by atoms with Crippen LogP contribution in [0.1, 0.15) is 12.8 Å². The molecule has 1 N–H and O–H groups in total. The molecule has 0 saturated carbocycles. The van der Waals surface area contributed by atoms with E-state index in [0.29, 0.717) is 5.54 Å². The highest BCUT2D eigenvalue weighted by molar-refractivity contribution is 6.91. The van der Waals surface area contributed by atoms with E-state index in [2.05, 4.69) is 49.5 Å². The molecule has 2 atom stereocenters. The van der Waals surface area contributed by atoms with Gasteiger partial charge in [-0.3, -0.25) is 0 Å². The van der Waals surface area contributed by atoms with Gasteiger partial charge in [0.15, 0.2) is 0 Å². The van der Waals surface area contributed by atoms with Gasteiger partial charge in [0.1, 0.15) is 0 Å². The summed E-state index contributed by atoms with van der Waals surface area (Å²) in [4.78, 5) is 0. The van der Waals surface area contributed by atoms with E-state index in [1.54, 1.807) is 0 Å². The van der Waals surface area contributed by atoms with Crippen molar-refractivity contribution in [3.8, 4) is 0 Å². The number of aliphatic hydroxyl groups is 1. The number of hydrogen-bond donors (Lipinski definition) is 1. The molecule has 86 valence electrons. The Kier molecular flexibility index (Phi) is 3.31.